The van der Waals surface area contributed by atoms with Gasteiger partial charge in [0, 0.05) is 38.1 Å². The van der Waals surface area contributed by atoms with E-state index in [0.717, 1.165) is 18.5 Å². The van der Waals surface area contributed by atoms with Crippen LogP contribution in [0, 0.1) is 11.6 Å². The number of carbonyl (C=O) groups excluding carboxylic acids is 1. The van der Waals surface area contributed by atoms with Gasteiger partial charge in [-0.25, -0.2) is 22.2 Å². The van der Waals surface area contributed by atoms with Crippen LogP contribution >= 0.6 is 11.6 Å². The predicted molar refractivity (Wildman–Crippen MR) is 123 cm³/mol. The number of aromatic nitrogens is 1. The maximum atomic E-state index is 14.4. The van der Waals surface area contributed by atoms with Crippen molar-refractivity contribution in [1.29, 1.82) is 0 Å². The van der Waals surface area contributed by atoms with Crippen LogP contribution in [0.1, 0.15) is 24.8 Å². The van der Waals surface area contributed by atoms with Crippen LogP contribution in [-0.4, -0.2) is 62.2 Å². The van der Waals surface area contributed by atoms with E-state index in [9.17, 15) is 35.2 Å². The largest absolute Gasteiger partial charge is 0.417 e. The first-order valence-electron chi connectivity index (χ1n) is 11.0. The summed E-state index contributed by atoms with van der Waals surface area (Å²) in [6.07, 6.45) is -1.69. The number of rotatable bonds is 5. The fraction of sp³-hybridized carbons (Fsp3) is 0.455. The van der Waals surface area contributed by atoms with Gasteiger partial charge in [-0.15, -0.1) is 0 Å². The lowest BCUT2D eigenvalue weighted by Crippen LogP contribution is -2.47. The van der Waals surface area contributed by atoms with Crippen molar-refractivity contribution in [2.24, 2.45) is 0 Å². The molecule has 1 aromatic heterocycles. The molecule has 196 valence electrons. The van der Waals surface area contributed by atoms with Gasteiger partial charge in [-0.1, -0.05) is 11.6 Å². The minimum absolute atomic E-state index is 0.115. The molecule has 2 fully saturated rings. The van der Waals surface area contributed by atoms with Gasteiger partial charge in [0.25, 0.3) is 0 Å². The molecule has 0 spiro atoms. The molecule has 4 rings (SSSR count). The topological polar surface area (TPSA) is 82.6 Å². The van der Waals surface area contributed by atoms with E-state index in [1.165, 1.54) is 0 Å². The lowest BCUT2D eigenvalue weighted by Gasteiger charge is -2.37. The third-order valence-electron chi connectivity index (χ3n) is 6.36. The molecule has 2 saturated heterocycles. The van der Waals surface area contributed by atoms with Crippen molar-refractivity contribution in [2.45, 2.75) is 42.4 Å². The summed E-state index contributed by atoms with van der Waals surface area (Å²) < 4.78 is 90.6. The minimum Gasteiger partial charge on any atom is -0.369 e. The summed E-state index contributed by atoms with van der Waals surface area (Å²) in [5.41, 5.74) is -1.51. The average Bonchev–Trinajstić information content (AvgIpc) is 3.15. The molecular formula is C22H22ClF5N4O3S. The van der Waals surface area contributed by atoms with Gasteiger partial charge >= 0.3 is 6.18 Å². The van der Waals surface area contributed by atoms with Crippen LogP contribution in [-0.2, 0) is 20.8 Å². The number of sulfone groups is 1. The first-order chi connectivity index (χ1) is 16.8. The number of hydrogen-bond donors (Lipinski definition) is 1. The number of halogens is 6. The highest BCUT2D eigenvalue weighted by atomic mass is 35.5. The highest BCUT2D eigenvalue weighted by molar-refractivity contribution is 7.90. The third kappa shape index (κ3) is 5.36. The Morgan fingerprint density at radius 1 is 1.06 bits per heavy atom. The van der Waals surface area contributed by atoms with Crippen molar-refractivity contribution in [2.75, 3.05) is 36.1 Å². The molecule has 1 atom stereocenters. The van der Waals surface area contributed by atoms with Gasteiger partial charge in [-0.05, 0) is 37.5 Å². The van der Waals surface area contributed by atoms with Crippen LogP contribution in [0.4, 0.5) is 33.5 Å². The van der Waals surface area contributed by atoms with Gasteiger partial charge in [0.1, 0.15) is 17.5 Å². The molecule has 2 aliphatic heterocycles. The molecule has 7 nitrogen and oxygen atoms in total. The zero-order valence-corrected chi connectivity index (χ0v) is 20.5. The Hall–Kier alpha value is -2.67. The molecule has 2 aromatic rings. The molecule has 0 aliphatic carbocycles. The van der Waals surface area contributed by atoms with Crippen molar-refractivity contribution in [1.82, 2.24) is 9.88 Å². The number of anilines is 2. The molecule has 1 N–H and O–H groups in total. The number of carbonyl (C=O) groups is 1. The van der Waals surface area contributed by atoms with Gasteiger partial charge in [-0.3, -0.25) is 4.79 Å². The normalized spacial score (nSPS) is 19.8. The summed E-state index contributed by atoms with van der Waals surface area (Å²) in [6.45, 7) is 1.16. The zero-order chi connectivity index (χ0) is 26.4. The molecular weight excluding hydrogens is 531 g/mol. The average molecular weight is 553 g/mol. The quantitative estimate of drug-likeness (QED) is 0.562. The number of alkyl halides is 3. The zero-order valence-electron chi connectivity index (χ0n) is 18.9. The third-order valence-corrected chi connectivity index (χ3v) is 7.73. The van der Waals surface area contributed by atoms with Crippen LogP contribution in [0.2, 0.25) is 5.02 Å². The van der Waals surface area contributed by atoms with Crippen molar-refractivity contribution in [3.63, 3.8) is 0 Å². The van der Waals surface area contributed by atoms with E-state index >= 15 is 0 Å². The lowest BCUT2D eigenvalue weighted by molar-refractivity contribution is -0.137. The Bertz CT molecular complexity index is 1260. The summed E-state index contributed by atoms with van der Waals surface area (Å²) in [5.74, 6) is -2.34. The van der Waals surface area contributed by atoms with E-state index in [2.05, 4.69) is 10.3 Å². The molecule has 0 saturated carbocycles. The highest BCUT2D eigenvalue weighted by Gasteiger charge is 2.38. The van der Waals surface area contributed by atoms with Gasteiger partial charge < -0.3 is 15.1 Å². The van der Waals surface area contributed by atoms with Crippen molar-refractivity contribution >= 4 is 38.9 Å². The Morgan fingerprint density at radius 2 is 1.67 bits per heavy atom. The molecule has 2 aliphatic rings. The minimum atomic E-state index is -4.55. The summed E-state index contributed by atoms with van der Waals surface area (Å²) in [7, 11) is -3.81. The smallest absolute Gasteiger partial charge is 0.369 e. The van der Waals surface area contributed by atoms with E-state index in [-0.39, 0.29) is 29.2 Å². The van der Waals surface area contributed by atoms with E-state index < -0.39 is 49.8 Å². The van der Waals surface area contributed by atoms with E-state index in [1.807, 2.05) is 0 Å². The maximum absolute atomic E-state index is 14.4. The summed E-state index contributed by atoms with van der Waals surface area (Å²) >= 11 is 6.04. The first-order valence-corrected chi connectivity index (χ1v) is 13.3. The van der Waals surface area contributed by atoms with Gasteiger partial charge in [0.05, 0.1) is 15.5 Å². The molecule has 1 aromatic carbocycles. The molecule has 1 unspecified atom stereocenters. The van der Waals surface area contributed by atoms with Crippen LogP contribution in [0.5, 0.6) is 0 Å². The Labute approximate surface area is 209 Å². The number of pyridine rings is 1. The number of nitrogens with one attached hydrogen (secondary N) is 1. The molecule has 0 radical (unpaired) electrons. The van der Waals surface area contributed by atoms with Crippen LogP contribution in [0.3, 0.4) is 0 Å². The molecule has 0 bridgehead atoms. The summed E-state index contributed by atoms with van der Waals surface area (Å²) in [6, 6.07) is 1.18. The Balaban J connectivity index is 1.39. The van der Waals surface area contributed by atoms with Gasteiger partial charge in [0.15, 0.2) is 21.5 Å². The molecule has 3 heterocycles. The Kier molecular flexibility index (Phi) is 7.08. The van der Waals surface area contributed by atoms with Crippen LogP contribution in [0.15, 0.2) is 29.3 Å². The number of nitrogens with zero attached hydrogens (tertiary/aromatic N) is 3. The lowest BCUT2D eigenvalue weighted by atomic mass is 10.0. The maximum Gasteiger partial charge on any atom is 0.417 e. The van der Waals surface area contributed by atoms with E-state index in [4.69, 9.17) is 11.6 Å². The number of benzene rings is 1. The van der Waals surface area contributed by atoms with Crippen LogP contribution in [0.25, 0.3) is 0 Å². The van der Waals surface area contributed by atoms with Crippen LogP contribution < -0.4 is 10.2 Å². The highest BCUT2D eigenvalue weighted by Crippen LogP contribution is 2.35. The first kappa shape index (κ1) is 26.4. The fourth-order valence-electron chi connectivity index (χ4n) is 4.48. The number of piperidine rings is 1. The predicted octanol–water partition coefficient (Wildman–Crippen LogP) is 4.12. The second kappa shape index (κ2) is 9.66. The number of hydrogen-bond acceptors (Lipinski definition) is 6. The monoisotopic (exact) mass is 552 g/mol. The summed E-state index contributed by atoms with van der Waals surface area (Å²) in [5, 5.41) is 2.45. The van der Waals surface area contributed by atoms with Gasteiger partial charge in [0.2, 0.25) is 5.91 Å². The van der Waals surface area contributed by atoms with Crippen molar-refractivity contribution in [3.8, 4) is 0 Å². The fourth-order valence-corrected chi connectivity index (χ4v) is 5.40. The molecule has 1 amide bonds. The molecule has 36 heavy (non-hydrogen) atoms. The Morgan fingerprint density at radius 3 is 2.19 bits per heavy atom. The SMILES string of the molecule is CS(=O)(=O)c1cc(F)c(NC2CCN(C3CCN(c4ncc(C(F)(F)F)cc4Cl)CC3)C2=O)c(F)c1. The number of likely N-dealkylation sites (tertiary alicyclic amines) is 1. The van der Waals surface area contributed by atoms with E-state index in [0.29, 0.717) is 44.6 Å². The van der Waals surface area contributed by atoms with Gasteiger partial charge in [-0.2, -0.15) is 13.2 Å². The van der Waals surface area contributed by atoms with Crippen molar-refractivity contribution in [3.05, 3.63) is 46.6 Å². The second-order valence-electron chi connectivity index (χ2n) is 8.80. The standard InChI is InChI=1S/C22H22ClF5N4O3S/c1-36(34,35)14-9-16(24)19(17(25)10-14)30-18-4-7-32(21(18)33)13-2-5-31(6-3-13)20-15(23)8-12(11-29-20)22(26,27)28/h8-11,13,18,30H,2-7H2,1H3. The molecule has 14 heteroatoms. The summed E-state index contributed by atoms with van der Waals surface area (Å²) in [4.78, 5) is 19.7. The number of amides is 1. The van der Waals surface area contributed by atoms with Crippen molar-refractivity contribution < 1.29 is 35.2 Å². The van der Waals surface area contributed by atoms with E-state index in [1.54, 1.807) is 9.80 Å². The second-order valence-corrected chi connectivity index (χ2v) is 11.2.